The molecule has 0 atom stereocenters. The molecule has 2 rings (SSSR count). The van der Waals surface area contributed by atoms with Crippen molar-refractivity contribution in [2.45, 2.75) is 33.3 Å². The summed E-state index contributed by atoms with van der Waals surface area (Å²) < 4.78 is 4.83. The Bertz CT molecular complexity index is 628. The molecular weight excluding hydrogens is 302 g/mol. The third-order valence-electron chi connectivity index (χ3n) is 2.89. The van der Waals surface area contributed by atoms with Gasteiger partial charge in [-0.2, -0.15) is 0 Å². The highest BCUT2D eigenvalue weighted by Gasteiger charge is 2.14. The molecule has 4 heteroatoms. The van der Waals surface area contributed by atoms with Crippen molar-refractivity contribution in [1.82, 2.24) is 5.32 Å². The van der Waals surface area contributed by atoms with Crippen molar-refractivity contribution < 1.29 is 14.3 Å². The van der Waals surface area contributed by atoms with E-state index in [1.807, 2.05) is 6.07 Å². The number of carbonyl (C=O) groups is 2. The number of benzene rings is 2. The number of nitrogens with one attached hydrogen (secondary N) is 1. The van der Waals surface area contributed by atoms with Crippen LogP contribution in [0.25, 0.3) is 11.1 Å². The van der Waals surface area contributed by atoms with E-state index in [0.717, 1.165) is 0 Å². The van der Waals surface area contributed by atoms with E-state index in [9.17, 15) is 9.59 Å². The molecule has 0 aromatic heterocycles. The van der Waals surface area contributed by atoms with Crippen LogP contribution < -0.4 is 5.32 Å². The molecular formula is C20H25NO3. The van der Waals surface area contributed by atoms with Crippen molar-refractivity contribution in [2.24, 2.45) is 0 Å². The molecule has 1 amide bonds. The van der Waals surface area contributed by atoms with Crippen molar-refractivity contribution in [2.75, 3.05) is 6.54 Å². The number of rotatable bonds is 3. The fraction of sp³-hybridized carbons (Fsp3) is 0.300. The summed E-state index contributed by atoms with van der Waals surface area (Å²) in [6.45, 7) is 7.37. The number of hydrogen-bond donors (Lipinski definition) is 1. The molecule has 0 heterocycles. The number of carbonyl (C=O) groups excluding carboxylic acids is 2. The Hall–Kier alpha value is -2.62. The van der Waals surface area contributed by atoms with E-state index in [1.165, 1.54) is 16.7 Å². The van der Waals surface area contributed by atoms with Crippen molar-refractivity contribution in [3.8, 4) is 11.1 Å². The zero-order chi connectivity index (χ0) is 18.0. The first-order chi connectivity index (χ1) is 11.3. The number of aryl methyl sites for hydroxylation is 1. The average Bonchev–Trinajstić information content (AvgIpc) is 2.53. The minimum absolute atomic E-state index is 0.00505. The predicted octanol–water partition coefficient (Wildman–Crippen LogP) is 4.37. The van der Waals surface area contributed by atoms with Gasteiger partial charge in [0.2, 0.25) is 0 Å². The van der Waals surface area contributed by atoms with E-state index in [4.69, 9.17) is 4.74 Å². The summed E-state index contributed by atoms with van der Waals surface area (Å²) in [7, 11) is 0. The molecule has 0 saturated carbocycles. The first-order valence-electron chi connectivity index (χ1n) is 7.84. The SMILES string of the molecule is CC(C)(C)OC(=O)NCC=O.Cc1ccc(-c2ccccc2)cc1. The third-order valence-corrected chi connectivity index (χ3v) is 2.89. The molecule has 2 aromatic carbocycles. The van der Waals surface area contributed by atoms with E-state index in [2.05, 4.69) is 60.8 Å². The number of ether oxygens (including phenoxy) is 1. The zero-order valence-corrected chi connectivity index (χ0v) is 14.7. The maximum Gasteiger partial charge on any atom is 0.408 e. The Kier molecular flexibility index (Phi) is 7.69. The second kappa shape index (κ2) is 9.50. The van der Waals surface area contributed by atoms with Crippen LogP contribution >= 0.6 is 0 Å². The van der Waals surface area contributed by atoms with Gasteiger partial charge in [-0.15, -0.1) is 0 Å². The fourth-order valence-electron chi connectivity index (χ4n) is 1.82. The topological polar surface area (TPSA) is 55.4 Å². The summed E-state index contributed by atoms with van der Waals surface area (Å²) >= 11 is 0. The van der Waals surface area contributed by atoms with Crippen LogP contribution in [0, 0.1) is 6.92 Å². The molecule has 0 unspecified atom stereocenters. The van der Waals surface area contributed by atoms with Crippen molar-refractivity contribution in [3.63, 3.8) is 0 Å². The van der Waals surface area contributed by atoms with Crippen LogP contribution in [-0.4, -0.2) is 24.5 Å². The molecule has 0 radical (unpaired) electrons. The van der Waals surface area contributed by atoms with Gasteiger partial charge in [0.1, 0.15) is 11.9 Å². The fourth-order valence-corrected chi connectivity index (χ4v) is 1.82. The highest BCUT2D eigenvalue weighted by atomic mass is 16.6. The Morgan fingerprint density at radius 2 is 1.54 bits per heavy atom. The lowest BCUT2D eigenvalue weighted by Crippen LogP contribution is -2.33. The van der Waals surface area contributed by atoms with Crippen molar-refractivity contribution in [1.29, 1.82) is 0 Å². The van der Waals surface area contributed by atoms with E-state index < -0.39 is 11.7 Å². The summed E-state index contributed by atoms with van der Waals surface area (Å²) in [5.41, 5.74) is 3.36. The molecule has 0 fully saturated rings. The molecule has 4 nitrogen and oxygen atoms in total. The van der Waals surface area contributed by atoms with E-state index in [1.54, 1.807) is 20.8 Å². The maximum atomic E-state index is 10.7. The van der Waals surface area contributed by atoms with Gasteiger partial charge < -0.3 is 14.8 Å². The van der Waals surface area contributed by atoms with Crippen LogP contribution in [0.4, 0.5) is 4.79 Å². The molecule has 0 aliphatic carbocycles. The lowest BCUT2D eigenvalue weighted by Gasteiger charge is -2.18. The van der Waals surface area contributed by atoms with Crippen LogP contribution in [0.1, 0.15) is 26.3 Å². The van der Waals surface area contributed by atoms with Gasteiger partial charge in [0.05, 0.1) is 6.54 Å². The van der Waals surface area contributed by atoms with Crippen molar-refractivity contribution >= 4 is 12.4 Å². The quantitative estimate of drug-likeness (QED) is 0.852. The highest BCUT2D eigenvalue weighted by molar-refractivity contribution is 5.71. The summed E-state index contributed by atoms with van der Waals surface area (Å²) in [5, 5.41) is 2.26. The molecule has 0 spiro atoms. The van der Waals surface area contributed by atoms with Crippen molar-refractivity contribution in [3.05, 3.63) is 60.2 Å². The van der Waals surface area contributed by atoms with Crippen LogP contribution in [0.15, 0.2) is 54.6 Å². The average molecular weight is 327 g/mol. The largest absolute Gasteiger partial charge is 0.444 e. The second-order valence-electron chi connectivity index (χ2n) is 6.28. The Balaban J connectivity index is 0.000000245. The van der Waals surface area contributed by atoms with Crippen LogP contribution in [0.5, 0.6) is 0 Å². The second-order valence-corrected chi connectivity index (χ2v) is 6.28. The summed E-state index contributed by atoms with van der Waals surface area (Å²) in [5.74, 6) is 0. The molecule has 128 valence electrons. The summed E-state index contributed by atoms with van der Waals surface area (Å²) in [4.78, 5) is 20.5. The van der Waals surface area contributed by atoms with E-state index in [-0.39, 0.29) is 6.54 Å². The predicted molar refractivity (Wildman–Crippen MR) is 96.9 cm³/mol. The summed E-state index contributed by atoms with van der Waals surface area (Å²) in [6.07, 6.45) is 0.0359. The van der Waals surface area contributed by atoms with Gasteiger partial charge in [-0.05, 0) is 38.8 Å². The van der Waals surface area contributed by atoms with Gasteiger partial charge in [0.25, 0.3) is 0 Å². The zero-order valence-electron chi connectivity index (χ0n) is 14.7. The molecule has 1 N–H and O–H groups in total. The molecule has 0 bridgehead atoms. The van der Waals surface area contributed by atoms with Gasteiger partial charge >= 0.3 is 6.09 Å². The normalized spacial score (nSPS) is 10.2. The van der Waals surface area contributed by atoms with Crippen LogP contribution in [-0.2, 0) is 9.53 Å². The smallest absolute Gasteiger partial charge is 0.408 e. The third kappa shape index (κ3) is 8.13. The molecule has 0 saturated heterocycles. The number of alkyl carbamates (subject to hydrolysis) is 1. The molecule has 0 aliphatic rings. The lowest BCUT2D eigenvalue weighted by atomic mass is 10.0. The molecule has 0 aliphatic heterocycles. The summed E-state index contributed by atoms with van der Waals surface area (Å²) in [6, 6.07) is 19.0. The first-order valence-corrected chi connectivity index (χ1v) is 7.84. The first kappa shape index (κ1) is 19.4. The maximum absolute atomic E-state index is 10.7. The number of aldehydes is 1. The number of hydrogen-bond acceptors (Lipinski definition) is 3. The lowest BCUT2D eigenvalue weighted by molar-refractivity contribution is -0.107. The Morgan fingerprint density at radius 1 is 1.00 bits per heavy atom. The monoisotopic (exact) mass is 327 g/mol. The van der Waals surface area contributed by atoms with E-state index >= 15 is 0 Å². The van der Waals surface area contributed by atoms with Crippen LogP contribution in [0.2, 0.25) is 0 Å². The minimum Gasteiger partial charge on any atom is -0.444 e. The van der Waals surface area contributed by atoms with Gasteiger partial charge in [0.15, 0.2) is 0 Å². The van der Waals surface area contributed by atoms with E-state index in [0.29, 0.717) is 6.29 Å². The standard InChI is InChI=1S/C13H12.C7H13NO3/c1-11-7-9-13(10-8-11)12-5-3-2-4-6-12;1-7(2,3)11-6(10)8-4-5-9/h2-10H,1H3;5H,4H2,1-3H3,(H,8,10). The Morgan fingerprint density at radius 3 is 2.04 bits per heavy atom. The molecule has 24 heavy (non-hydrogen) atoms. The van der Waals surface area contributed by atoms with Gasteiger partial charge in [-0.25, -0.2) is 4.79 Å². The Labute approximate surface area is 143 Å². The van der Waals surface area contributed by atoms with Crippen LogP contribution in [0.3, 0.4) is 0 Å². The van der Waals surface area contributed by atoms with Gasteiger partial charge in [0, 0.05) is 0 Å². The highest BCUT2D eigenvalue weighted by Crippen LogP contribution is 2.18. The van der Waals surface area contributed by atoms with Gasteiger partial charge in [-0.3, -0.25) is 0 Å². The van der Waals surface area contributed by atoms with Gasteiger partial charge in [-0.1, -0.05) is 60.2 Å². The molecule has 2 aromatic rings. The number of amides is 1. The minimum atomic E-state index is -0.565.